The van der Waals surface area contributed by atoms with Gasteiger partial charge in [0.2, 0.25) is 4.91 Å². The average Bonchev–Trinajstić information content (AvgIpc) is 3.50. The van der Waals surface area contributed by atoms with Crippen LogP contribution in [0.1, 0.15) is 74.5 Å². The second-order valence-corrected chi connectivity index (χ2v) is 11.8. The minimum absolute atomic E-state index is 0.0759. The first-order valence-electron chi connectivity index (χ1n) is 14.2. The quantitative estimate of drug-likeness (QED) is 0.245. The smallest absolute Gasteiger partial charge is 0.214 e. The van der Waals surface area contributed by atoms with Gasteiger partial charge in [-0.25, -0.2) is 0 Å². The molecule has 5 unspecified atom stereocenters. The lowest BCUT2D eigenvalue weighted by Gasteiger charge is -2.53. The SMILES string of the molecule is CC12CCC3c4ccc(OCc5ccccc5)cc4CCC3C1C(CCCCN=[N+]=N)CC21OCCO1. The third-order valence-electron chi connectivity index (χ3n) is 10.0. The normalized spacial score (nSPS) is 31.3. The van der Waals surface area contributed by atoms with Crippen LogP contribution in [0.3, 0.4) is 0 Å². The van der Waals surface area contributed by atoms with Crippen LogP contribution in [0, 0.1) is 28.7 Å². The predicted octanol–water partition coefficient (Wildman–Crippen LogP) is 6.81. The Hall–Kier alpha value is -2.53. The van der Waals surface area contributed by atoms with Crippen LogP contribution in [0.2, 0.25) is 0 Å². The van der Waals surface area contributed by atoms with Gasteiger partial charge in [-0.1, -0.05) is 49.7 Å². The Labute approximate surface area is 220 Å². The Morgan fingerprint density at radius 3 is 2.73 bits per heavy atom. The highest BCUT2D eigenvalue weighted by Crippen LogP contribution is 2.68. The third kappa shape index (κ3) is 4.43. The van der Waals surface area contributed by atoms with Crippen molar-refractivity contribution in [1.82, 2.24) is 4.91 Å². The van der Waals surface area contributed by atoms with Gasteiger partial charge in [0.05, 0.1) is 13.2 Å². The summed E-state index contributed by atoms with van der Waals surface area (Å²) >= 11 is 0. The Bertz CT molecular complexity index is 1140. The van der Waals surface area contributed by atoms with Crippen LogP contribution in [-0.4, -0.2) is 25.5 Å². The van der Waals surface area contributed by atoms with Crippen molar-refractivity contribution in [1.29, 1.82) is 5.53 Å². The minimum atomic E-state index is -0.399. The molecule has 0 bridgehead atoms. The van der Waals surface area contributed by atoms with Gasteiger partial charge in [0.25, 0.3) is 0 Å². The van der Waals surface area contributed by atoms with Crippen LogP contribution in [0.25, 0.3) is 0 Å². The van der Waals surface area contributed by atoms with E-state index in [-0.39, 0.29) is 5.41 Å². The van der Waals surface area contributed by atoms with Crippen molar-refractivity contribution in [2.45, 2.75) is 76.6 Å². The van der Waals surface area contributed by atoms with E-state index in [2.05, 4.69) is 59.4 Å². The van der Waals surface area contributed by atoms with Crippen LogP contribution in [0.5, 0.6) is 5.75 Å². The van der Waals surface area contributed by atoms with Crippen molar-refractivity contribution >= 4 is 0 Å². The predicted molar refractivity (Wildman–Crippen MR) is 141 cm³/mol. The first-order valence-corrected chi connectivity index (χ1v) is 14.2. The Balaban J connectivity index is 1.21. The summed E-state index contributed by atoms with van der Waals surface area (Å²) in [7, 11) is 0. The number of hydrogen-bond donors (Lipinski definition) is 1. The van der Waals surface area contributed by atoms with Gasteiger partial charge in [-0.15, -0.1) is 0 Å². The number of rotatable bonds is 8. The lowest BCUT2D eigenvalue weighted by atomic mass is 9.53. The minimum Gasteiger partial charge on any atom is -0.489 e. The van der Waals surface area contributed by atoms with Crippen molar-refractivity contribution in [3.05, 3.63) is 65.2 Å². The number of nitrogens with one attached hydrogen (secondary N) is 1. The molecule has 0 amide bonds. The molecule has 2 saturated carbocycles. The monoisotopic (exact) mass is 502 g/mol. The zero-order valence-electron chi connectivity index (χ0n) is 22.0. The molecule has 5 atom stereocenters. The lowest BCUT2D eigenvalue weighted by Crippen LogP contribution is -2.51. The molecule has 2 aromatic rings. The van der Waals surface area contributed by atoms with E-state index in [0.717, 1.165) is 51.1 Å². The standard InChI is InChI=1S/C31H40N3O3/c1-30-15-14-27-26-13-11-25(35-21-22-7-3-2-4-8-22)19-23(26)10-12-28(27)29(30)24(9-5-6-16-33-34-32)20-31(30)36-17-18-37-31/h2-4,7-8,11,13,19,24,27-29,32H,5-6,9-10,12,14-18,20-21H2,1H3/q+1. The highest BCUT2D eigenvalue weighted by Gasteiger charge is 2.68. The molecule has 4 aliphatic rings. The molecular formula is C31H40N3O3+. The topological polar surface area (TPSA) is 78.0 Å². The molecule has 2 aromatic carbocycles. The lowest BCUT2D eigenvalue weighted by molar-refractivity contribution is -0.237. The maximum absolute atomic E-state index is 6.91. The molecule has 0 radical (unpaired) electrons. The highest BCUT2D eigenvalue weighted by molar-refractivity contribution is 5.41. The molecule has 37 heavy (non-hydrogen) atoms. The third-order valence-corrected chi connectivity index (χ3v) is 10.0. The molecule has 6 rings (SSSR count). The second kappa shape index (κ2) is 10.3. The van der Waals surface area contributed by atoms with E-state index in [1.54, 1.807) is 5.56 Å². The largest absolute Gasteiger partial charge is 0.489 e. The van der Waals surface area contributed by atoms with E-state index >= 15 is 0 Å². The van der Waals surface area contributed by atoms with Gasteiger partial charge in [0, 0.05) is 11.8 Å². The summed E-state index contributed by atoms with van der Waals surface area (Å²) in [5.74, 6) is 3.10. The Morgan fingerprint density at radius 2 is 1.92 bits per heavy atom. The molecule has 0 aromatic heterocycles. The van der Waals surface area contributed by atoms with Gasteiger partial charge in [-0.3, -0.25) is 0 Å². The van der Waals surface area contributed by atoms with E-state index < -0.39 is 5.79 Å². The van der Waals surface area contributed by atoms with Gasteiger partial charge in [0.1, 0.15) is 29.5 Å². The van der Waals surface area contributed by atoms with Gasteiger partial charge >= 0.3 is 0 Å². The summed E-state index contributed by atoms with van der Waals surface area (Å²) in [6.45, 7) is 5.19. The van der Waals surface area contributed by atoms with Crippen LogP contribution in [0.4, 0.5) is 0 Å². The van der Waals surface area contributed by atoms with Crippen LogP contribution < -0.4 is 9.65 Å². The zero-order valence-corrected chi connectivity index (χ0v) is 22.0. The van der Waals surface area contributed by atoms with E-state index in [4.69, 9.17) is 19.7 Å². The summed E-state index contributed by atoms with van der Waals surface area (Å²) < 4.78 is 19.1. The fourth-order valence-electron chi connectivity index (χ4n) is 8.48. The van der Waals surface area contributed by atoms with Crippen molar-refractivity contribution in [2.24, 2.45) is 28.3 Å². The second-order valence-electron chi connectivity index (χ2n) is 11.8. The van der Waals surface area contributed by atoms with E-state index in [1.165, 1.54) is 30.4 Å². The van der Waals surface area contributed by atoms with E-state index in [1.807, 2.05) is 6.07 Å². The number of benzene rings is 2. The number of ether oxygens (including phenoxy) is 3. The molecule has 1 heterocycles. The molecule has 1 saturated heterocycles. The molecular weight excluding hydrogens is 462 g/mol. The van der Waals surface area contributed by atoms with E-state index in [9.17, 15) is 0 Å². The molecule has 1 N–H and O–H groups in total. The van der Waals surface area contributed by atoms with Crippen LogP contribution in [0.15, 0.2) is 53.6 Å². The number of unbranched alkanes of at least 4 members (excludes halogenated alkanes) is 1. The maximum atomic E-state index is 6.91. The number of hydrogen-bond acceptors (Lipinski definition) is 5. The highest BCUT2D eigenvalue weighted by atomic mass is 16.7. The van der Waals surface area contributed by atoms with Crippen molar-refractivity contribution < 1.29 is 14.2 Å². The van der Waals surface area contributed by atoms with Crippen LogP contribution in [-0.2, 0) is 22.5 Å². The Kier molecular flexibility index (Phi) is 6.91. The first-order chi connectivity index (χ1) is 18.1. The fourth-order valence-corrected chi connectivity index (χ4v) is 8.48. The summed E-state index contributed by atoms with van der Waals surface area (Å²) in [6, 6.07) is 17.3. The number of fused-ring (bicyclic) bond motifs is 6. The molecule has 6 heteroatoms. The Morgan fingerprint density at radius 1 is 1.08 bits per heavy atom. The number of aryl methyl sites for hydroxylation is 1. The van der Waals surface area contributed by atoms with Gasteiger partial charge < -0.3 is 14.2 Å². The van der Waals surface area contributed by atoms with E-state index in [0.29, 0.717) is 36.8 Å². The average molecular weight is 503 g/mol. The van der Waals surface area contributed by atoms with Gasteiger partial charge in [-0.2, -0.15) is 0 Å². The molecule has 196 valence electrons. The van der Waals surface area contributed by atoms with Crippen molar-refractivity contribution in [3.63, 3.8) is 0 Å². The van der Waals surface area contributed by atoms with Crippen molar-refractivity contribution in [2.75, 3.05) is 19.8 Å². The van der Waals surface area contributed by atoms with Crippen molar-refractivity contribution in [3.8, 4) is 5.75 Å². The number of nitrogens with zero attached hydrogens (tertiary/aromatic N) is 2. The van der Waals surface area contributed by atoms with Gasteiger partial charge in [0.15, 0.2) is 5.79 Å². The molecule has 3 aliphatic carbocycles. The molecule has 3 fully saturated rings. The van der Waals surface area contributed by atoms with Gasteiger partial charge in [-0.05, 0) is 91.0 Å². The zero-order chi connectivity index (χ0) is 25.3. The molecule has 1 spiro atoms. The summed E-state index contributed by atoms with van der Waals surface area (Å²) in [6.07, 6.45) is 9.06. The van der Waals surface area contributed by atoms with Crippen LogP contribution >= 0.6 is 0 Å². The summed E-state index contributed by atoms with van der Waals surface area (Å²) in [5.41, 5.74) is 11.2. The maximum Gasteiger partial charge on any atom is 0.214 e. The fraction of sp³-hybridized carbons (Fsp3) is 0.613. The molecule has 6 nitrogen and oxygen atoms in total. The molecule has 1 aliphatic heterocycles. The first kappa shape index (κ1) is 24.8. The summed E-state index contributed by atoms with van der Waals surface area (Å²) in [4.78, 5) is 3.17. The summed E-state index contributed by atoms with van der Waals surface area (Å²) in [5, 5.41) is 3.86.